The molecule has 0 aromatic heterocycles. The van der Waals surface area contributed by atoms with Crippen LogP contribution in [-0.4, -0.2) is 31.0 Å². The van der Waals surface area contributed by atoms with Gasteiger partial charge in [0.2, 0.25) is 0 Å². The Morgan fingerprint density at radius 2 is 1.79 bits per heavy atom. The van der Waals surface area contributed by atoms with Crippen molar-refractivity contribution < 1.29 is 0 Å². The van der Waals surface area contributed by atoms with Crippen LogP contribution in [0.4, 0.5) is 0 Å². The third-order valence-corrected chi connectivity index (χ3v) is 5.01. The number of nitrogens with one attached hydrogen (secondary N) is 1. The fourth-order valence-electron chi connectivity index (χ4n) is 3.76. The van der Waals surface area contributed by atoms with Crippen molar-refractivity contribution in [3.63, 3.8) is 0 Å². The molecule has 0 heterocycles. The van der Waals surface area contributed by atoms with Crippen molar-refractivity contribution in [3.8, 4) is 0 Å². The lowest BCUT2D eigenvalue weighted by Gasteiger charge is -2.19. The molecule has 0 amide bonds. The molecule has 0 aliphatic heterocycles. The Morgan fingerprint density at radius 3 is 2.54 bits per heavy atom. The lowest BCUT2D eigenvalue weighted by Crippen LogP contribution is -2.39. The summed E-state index contributed by atoms with van der Waals surface area (Å²) < 4.78 is 0. The first-order valence-corrected chi connectivity index (χ1v) is 8.34. The second kappa shape index (κ2) is 7.13. The number of nitrogens with zero attached hydrogens (tertiary/aromatic N) is 2. The summed E-state index contributed by atoms with van der Waals surface area (Å²) in [7, 11) is 4.12. The number of benzene rings is 2. The molecule has 3 unspecified atom stereocenters. The van der Waals surface area contributed by atoms with Gasteiger partial charge in [0.15, 0.2) is 5.96 Å². The number of hydrogen-bond acceptors (Lipinski definition) is 1. The van der Waals surface area contributed by atoms with Crippen LogP contribution in [0.25, 0.3) is 0 Å². The highest BCUT2D eigenvalue weighted by molar-refractivity contribution is 14.0. The fourth-order valence-corrected chi connectivity index (χ4v) is 3.76. The molecule has 2 aromatic carbocycles. The van der Waals surface area contributed by atoms with Crippen molar-refractivity contribution in [1.82, 2.24) is 10.2 Å². The molecule has 2 aromatic rings. The molecule has 0 spiro atoms. The highest BCUT2D eigenvalue weighted by Gasteiger charge is 2.56. The van der Waals surface area contributed by atoms with E-state index in [2.05, 4.69) is 72.8 Å². The zero-order valence-electron chi connectivity index (χ0n) is 14.1. The van der Waals surface area contributed by atoms with E-state index >= 15 is 0 Å². The Kier molecular flexibility index (Phi) is 5.13. The van der Waals surface area contributed by atoms with Crippen molar-refractivity contribution >= 4 is 29.9 Å². The van der Waals surface area contributed by atoms with Gasteiger partial charge in [0, 0.05) is 26.1 Å². The average Bonchev–Trinajstić information content (AvgIpc) is 3.09. The van der Waals surface area contributed by atoms with Gasteiger partial charge in [0.1, 0.15) is 0 Å². The number of guanidine groups is 1. The summed E-state index contributed by atoms with van der Waals surface area (Å²) in [6, 6.07) is 19.8. The zero-order chi connectivity index (χ0) is 15.8. The van der Waals surface area contributed by atoms with Crippen LogP contribution in [0.3, 0.4) is 0 Å². The van der Waals surface area contributed by atoms with E-state index in [1.54, 1.807) is 0 Å². The first kappa shape index (κ1) is 17.3. The van der Waals surface area contributed by atoms with Crippen LogP contribution in [0.2, 0.25) is 0 Å². The summed E-state index contributed by atoms with van der Waals surface area (Å²) in [5.74, 6) is 2.41. The summed E-state index contributed by atoms with van der Waals surface area (Å²) in [5.41, 5.74) is 4.32. The molecule has 4 rings (SSSR count). The van der Waals surface area contributed by atoms with Gasteiger partial charge in [-0.2, -0.15) is 0 Å². The molecule has 1 fully saturated rings. The van der Waals surface area contributed by atoms with E-state index in [-0.39, 0.29) is 24.0 Å². The molecule has 1 saturated carbocycles. The van der Waals surface area contributed by atoms with Crippen LogP contribution in [0.1, 0.15) is 22.6 Å². The minimum atomic E-state index is 0. The SMILES string of the molecule is CN(C)C(=NCc1ccccc1)NC1C2Cc3ccccc3C21.I. The molecular weight excluding hydrogens is 409 g/mol. The molecule has 2 aliphatic carbocycles. The zero-order valence-corrected chi connectivity index (χ0v) is 16.5. The van der Waals surface area contributed by atoms with Crippen LogP contribution in [-0.2, 0) is 13.0 Å². The van der Waals surface area contributed by atoms with Crippen LogP contribution < -0.4 is 5.32 Å². The van der Waals surface area contributed by atoms with E-state index in [0.29, 0.717) is 12.0 Å². The highest BCUT2D eigenvalue weighted by Crippen LogP contribution is 2.56. The van der Waals surface area contributed by atoms with Gasteiger partial charge in [0.25, 0.3) is 0 Å². The first-order valence-electron chi connectivity index (χ1n) is 8.34. The highest BCUT2D eigenvalue weighted by atomic mass is 127. The Balaban J connectivity index is 0.00000169. The monoisotopic (exact) mass is 433 g/mol. The van der Waals surface area contributed by atoms with E-state index in [4.69, 9.17) is 4.99 Å². The Morgan fingerprint density at radius 1 is 1.08 bits per heavy atom. The maximum absolute atomic E-state index is 4.79. The number of halogens is 1. The van der Waals surface area contributed by atoms with Gasteiger partial charge in [-0.05, 0) is 29.0 Å². The summed E-state index contributed by atoms with van der Waals surface area (Å²) in [4.78, 5) is 6.87. The quantitative estimate of drug-likeness (QED) is 0.455. The van der Waals surface area contributed by atoms with Gasteiger partial charge in [0.05, 0.1) is 6.54 Å². The standard InChI is InChI=1S/C20H23N3.HI/c1-23(2)20(21-13-14-8-4-3-5-9-14)22-19-17-12-15-10-6-7-11-16(15)18(17)19;/h3-11,17-19H,12-13H2,1-2H3,(H,21,22);1H. The molecule has 0 saturated heterocycles. The second-order valence-electron chi connectivity index (χ2n) is 6.78. The van der Waals surface area contributed by atoms with Crippen LogP contribution in [0.5, 0.6) is 0 Å². The van der Waals surface area contributed by atoms with Crippen LogP contribution in [0.15, 0.2) is 59.6 Å². The van der Waals surface area contributed by atoms with Crippen molar-refractivity contribution in [2.75, 3.05) is 14.1 Å². The minimum absolute atomic E-state index is 0. The van der Waals surface area contributed by atoms with E-state index < -0.39 is 0 Å². The Bertz CT molecular complexity index is 727. The normalized spacial score (nSPS) is 23.8. The van der Waals surface area contributed by atoms with Crippen molar-refractivity contribution in [3.05, 3.63) is 71.3 Å². The van der Waals surface area contributed by atoms with Crippen molar-refractivity contribution in [2.45, 2.75) is 24.9 Å². The third-order valence-electron chi connectivity index (χ3n) is 5.01. The smallest absolute Gasteiger partial charge is 0.193 e. The number of fused-ring (bicyclic) bond motifs is 3. The third kappa shape index (κ3) is 3.29. The topological polar surface area (TPSA) is 27.6 Å². The van der Waals surface area contributed by atoms with Crippen LogP contribution in [0, 0.1) is 5.92 Å². The molecule has 2 aliphatic rings. The number of hydrogen-bond donors (Lipinski definition) is 1. The van der Waals surface area contributed by atoms with Crippen LogP contribution >= 0.6 is 24.0 Å². The maximum Gasteiger partial charge on any atom is 0.193 e. The van der Waals surface area contributed by atoms with Gasteiger partial charge in [-0.3, -0.25) is 0 Å². The van der Waals surface area contributed by atoms with Gasteiger partial charge in [-0.25, -0.2) is 4.99 Å². The summed E-state index contributed by atoms with van der Waals surface area (Å²) >= 11 is 0. The molecule has 0 bridgehead atoms. The van der Waals surface area contributed by atoms with E-state index in [1.165, 1.54) is 23.1 Å². The van der Waals surface area contributed by atoms with Gasteiger partial charge >= 0.3 is 0 Å². The van der Waals surface area contributed by atoms with E-state index in [0.717, 1.165) is 18.4 Å². The minimum Gasteiger partial charge on any atom is -0.353 e. The molecule has 0 radical (unpaired) electrons. The Labute approximate surface area is 161 Å². The van der Waals surface area contributed by atoms with E-state index in [1.807, 2.05) is 6.07 Å². The predicted molar refractivity (Wildman–Crippen MR) is 110 cm³/mol. The second-order valence-corrected chi connectivity index (χ2v) is 6.78. The maximum atomic E-state index is 4.79. The summed E-state index contributed by atoms with van der Waals surface area (Å²) in [5, 5.41) is 3.68. The van der Waals surface area contributed by atoms with Crippen molar-refractivity contribution in [1.29, 1.82) is 0 Å². The van der Waals surface area contributed by atoms with Crippen molar-refractivity contribution in [2.24, 2.45) is 10.9 Å². The van der Waals surface area contributed by atoms with E-state index in [9.17, 15) is 0 Å². The van der Waals surface area contributed by atoms with Gasteiger partial charge in [-0.15, -0.1) is 24.0 Å². The fraction of sp³-hybridized carbons (Fsp3) is 0.350. The molecule has 24 heavy (non-hydrogen) atoms. The molecule has 4 heteroatoms. The lowest BCUT2D eigenvalue weighted by molar-refractivity contribution is 0.568. The average molecular weight is 433 g/mol. The number of aliphatic imine (C=N–C) groups is 1. The summed E-state index contributed by atoms with van der Waals surface area (Å²) in [6.07, 6.45) is 1.21. The molecule has 1 N–H and O–H groups in total. The molecular formula is C20H24IN3. The first-order chi connectivity index (χ1) is 11.2. The van der Waals surface area contributed by atoms with Gasteiger partial charge in [-0.1, -0.05) is 54.6 Å². The molecule has 126 valence electrons. The number of rotatable bonds is 3. The Hall–Kier alpha value is -1.56. The largest absolute Gasteiger partial charge is 0.353 e. The summed E-state index contributed by atoms with van der Waals surface area (Å²) in [6.45, 7) is 0.722. The molecule has 3 nitrogen and oxygen atoms in total. The molecule has 3 atom stereocenters. The predicted octanol–water partition coefficient (Wildman–Crippen LogP) is 3.65. The lowest BCUT2D eigenvalue weighted by atomic mass is 10.1. The van der Waals surface area contributed by atoms with Gasteiger partial charge < -0.3 is 10.2 Å².